The number of likely N-dealkylation sites (N-methyl/N-ethyl adjacent to an activating group) is 1. The summed E-state index contributed by atoms with van der Waals surface area (Å²) in [7, 11) is 2.20. The number of nitrogens with zero attached hydrogens (tertiary/aromatic N) is 2. The van der Waals surface area contributed by atoms with E-state index in [1.807, 2.05) is 0 Å². The van der Waals surface area contributed by atoms with Crippen molar-refractivity contribution in [3.05, 3.63) is 53.7 Å². The first-order chi connectivity index (χ1) is 9.72. The molecule has 20 heavy (non-hydrogen) atoms. The van der Waals surface area contributed by atoms with E-state index in [0.717, 1.165) is 12.2 Å². The van der Waals surface area contributed by atoms with Gasteiger partial charge in [-0.15, -0.1) is 0 Å². The second kappa shape index (κ2) is 5.76. The van der Waals surface area contributed by atoms with E-state index in [1.54, 1.807) is 0 Å². The fraction of sp³-hybridized carbons (Fsp3) is 0.389. The maximum Gasteiger partial charge on any atom is 0.0705 e. The third-order valence-corrected chi connectivity index (χ3v) is 4.13. The van der Waals surface area contributed by atoms with Crippen molar-refractivity contribution in [2.75, 3.05) is 20.1 Å². The van der Waals surface area contributed by atoms with Crippen LogP contribution < -0.4 is 0 Å². The highest BCUT2D eigenvalue weighted by Crippen LogP contribution is 2.27. The quantitative estimate of drug-likeness (QED) is 0.820. The molecule has 0 amide bonds. The van der Waals surface area contributed by atoms with E-state index < -0.39 is 0 Å². The van der Waals surface area contributed by atoms with Crippen LogP contribution in [0.5, 0.6) is 0 Å². The average Bonchev–Trinajstić information content (AvgIpc) is 2.47. The van der Waals surface area contributed by atoms with Crippen molar-refractivity contribution in [3.63, 3.8) is 0 Å². The number of hydrogen-bond acceptors (Lipinski definition) is 2. The molecule has 1 aromatic carbocycles. The number of aromatic nitrogens is 1. The number of piperidine rings is 1. The van der Waals surface area contributed by atoms with Gasteiger partial charge in [-0.05, 0) is 51.6 Å². The summed E-state index contributed by atoms with van der Waals surface area (Å²) in [6.07, 6.45) is 2.53. The van der Waals surface area contributed by atoms with Crippen LogP contribution in [0.3, 0.4) is 0 Å². The topological polar surface area (TPSA) is 16.1 Å². The molecule has 0 N–H and O–H groups in total. The van der Waals surface area contributed by atoms with Crippen LogP contribution in [-0.2, 0) is 0 Å². The van der Waals surface area contributed by atoms with Crippen LogP contribution in [-0.4, -0.2) is 30.0 Å². The molecule has 1 aliphatic heterocycles. The molecule has 2 heterocycles. The number of pyridine rings is 1. The molecule has 2 aromatic rings. The first-order valence-corrected chi connectivity index (χ1v) is 7.45. The monoisotopic (exact) mass is 266 g/mol. The van der Waals surface area contributed by atoms with Crippen LogP contribution in [0.4, 0.5) is 0 Å². The first kappa shape index (κ1) is 13.3. The van der Waals surface area contributed by atoms with Gasteiger partial charge in [-0.25, -0.2) is 0 Å². The van der Waals surface area contributed by atoms with Gasteiger partial charge in [-0.3, -0.25) is 4.98 Å². The summed E-state index contributed by atoms with van der Waals surface area (Å²) in [5.41, 5.74) is 4.85. The molecule has 104 valence electrons. The van der Waals surface area contributed by atoms with Gasteiger partial charge in [-0.1, -0.05) is 29.8 Å². The van der Waals surface area contributed by atoms with Crippen molar-refractivity contribution in [1.82, 2.24) is 9.88 Å². The van der Waals surface area contributed by atoms with Gasteiger partial charge >= 0.3 is 0 Å². The molecule has 1 saturated heterocycles. The molecule has 3 rings (SSSR count). The van der Waals surface area contributed by atoms with Crippen LogP contribution in [0, 0.1) is 6.92 Å². The second-order valence-electron chi connectivity index (χ2n) is 5.92. The third kappa shape index (κ3) is 2.91. The van der Waals surface area contributed by atoms with E-state index in [1.165, 1.54) is 36.2 Å². The van der Waals surface area contributed by atoms with E-state index in [-0.39, 0.29) is 0 Å². The Bertz CT molecular complexity index is 591. The molecule has 1 atom stereocenters. The molecular formula is C18H22N2. The van der Waals surface area contributed by atoms with Crippen molar-refractivity contribution < 1.29 is 0 Å². The van der Waals surface area contributed by atoms with E-state index in [4.69, 9.17) is 4.98 Å². The lowest BCUT2D eigenvalue weighted by molar-refractivity contribution is 0.248. The van der Waals surface area contributed by atoms with Crippen LogP contribution in [0.25, 0.3) is 11.3 Å². The standard InChI is InChI=1S/C18H22N2/c1-14-6-3-7-15(12-14)17-9-4-10-18(19-17)16-8-5-11-20(2)13-16/h3-4,6-7,9-10,12,16H,5,8,11,13H2,1-2H3/t16-/m0/s1. The predicted octanol–water partition coefficient (Wildman–Crippen LogP) is 3.87. The zero-order chi connectivity index (χ0) is 13.9. The van der Waals surface area contributed by atoms with Crippen LogP contribution in [0.2, 0.25) is 0 Å². The smallest absolute Gasteiger partial charge is 0.0705 e. The molecule has 1 aliphatic rings. The largest absolute Gasteiger partial charge is 0.306 e. The first-order valence-electron chi connectivity index (χ1n) is 7.45. The van der Waals surface area contributed by atoms with Gasteiger partial charge in [-0.2, -0.15) is 0 Å². The number of rotatable bonds is 2. The zero-order valence-electron chi connectivity index (χ0n) is 12.3. The summed E-state index contributed by atoms with van der Waals surface area (Å²) in [6.45, 7) is 4.47. The van der Waals surface area contributed by atoms with E-state index in [9.17, 15) is 0 Å². The van der Waals surface area contributed by atoms with Gasteiger partial charge in [0, 0.05) is 23.7 Å². The second-order valence-corrected chi connectivity index (χ2v) is 5.92. The van der Waals surface area contributed by atoms with Crippen molar-refractivity contribution in [2.24, 2.45) is 0 Å². The van der Waals surface area contributed by atoms with Crippen molar-refractivity contribution in [1.29, 1.82) is 0 Å². The summed E-state index contributed by atoms with van der Waals surface area (Å²) >= 11 is 0. The van der Waals surface area contributed by atoms with E-state index >= 15 is 0 Å². The number of likely N-dealkylation sites (tertiary alicyclic amines) is 1. The van der Waals surface area contributed by atoms with Gasteiger partial charge in [0.1, 0.15) is 0 Å². The Hall–Kier alpha value is -1.67. The highest BCUT2D eigenvalue weighted by atomic mass is 15.1. The van der Waals surface area contributed by atoms with E-state index in [0.29, 0.717) is 5.92 Å². The Morgan fingerprint density at radius 1 is 1.15 bits per heavy atom. The Morgan fingerprint density at radius 3 is 2.80 bits per heavy atom. The molecule has 2 nitrogen and oxygen atoms in total. The van der Waals surface area contributed by atoms with Gasteiger partial charge in [0.05, 0.1) is 5.69 Å². The summed E-state index contributed by atoms with van der Waals surface area (Å²) in [5, 5.41) is 0. The summed E-state index contributed by atoms with van der Waals surface area (Å²) in [6, 6.07) is 15.0. The average molecular weight is 266 g/mol. The van der Waals surface area contributed by atoms with E-state index in [2.05, 4.69) is 61.3 Å². The molecule has 0 spiro atoms. The predicted molar refractivity (Wildman–Crippen MR) is 83.9 cm³/mol. The van der Waals surface area contributed by atoms with Gasteiger partial charge < -0.3 is 4.90 Å². The molecule has 2 heteroatoms. The van der Waals surface area contributed by atoms with Crippen LogP contribution in [0.15, 0.2) is 42.5 Å². The molecule has 0 bridgehead atoms. The SMILES string of the molecule is Cc1cccc(-c2cccc([C@H]3CCCN(C)C3)n2)c1. The number of hydrogen-bond donors (Lipinski definition) is 0. The lowest BCUT2D eigenvalue weighted by atomic mass is 9.94. The van der Waals surface area contributed by atoms with Gasteiger partial charge in [0.2, 0.25) is 0 Å². The molecule has 0 aliphatic carbocycles. The zero-order valence-corrected chi connectivity index (χ0v) is 12.3. The number of aryl methyl sites for hydroxylation is 1. The minimum absolute atomic E-state index is 0.582. The lowest BCUT2D eigenvalue weighted by Gasteiger charge is -2.29. The van der Waals surface area contributed by atoms with Crippen molar-refractivity contribution in [2.45, 2.75) is 25.7 Å². The maximum absolute atomic E-state index is 4.92. The highest BCUT2D eigenvalue weighted by molar-refractivity contribution is 5.60. The molecule has 0 unspecified atom stereocenters. The normalized spacial score (nSPS) is 20.0. The molecule has 1 aromatic heterocycles. The van der Waals surface area contributed by atoms with Gasteiger partial charge in [0.15, 0.2) is 0 Å². The Balaban J connectivity index is 1.89. The van der Waals surface area contributed by atoms with Crippen molar-refractivity contribution in [3.8, 4) is 11.3 Å². The fourth-order valence-corrected chi connectivity index (χ4v) is 3.05. The van der Waals surface area contributed by atoms with Gasteiger partial charge in [0.25, 0.3) is 0 Å². The Labute approximate surface area is 121 Å². The highest BCUT2D eigenvalue weighted by Gasteiger charge is 2.20. The van der Waals surface area contributed by atoms with Crippen molar-refractivity contribution >= 4 is 0 Å². The summed E-state index contributed by atoms with van der Waals surface area (Å²) < 4.78 is 0. The fourth-order valence-electron chi connectivity index (χ4n) is 3.05. The minimum Gasteiger partial charge on any atom is -0.306 e. The maximum atomic E-state index is 4.92. The van der Waals surface area contributed by atoms with Crippen LogP contribution in [0.1, 0.15) is 30.0 Å². The lowest BCUT2D eigenvalue weighted by Crippen LogP contribution is -2.31. The molecule has 0 radical (unpaired) electrons. The Morgan fingerprint density at radius 2 is 2.00 bits per heavy atom. The summed E-state index contributed by atoms with van der Waals surface area (Å²) in [5.74, 6) is 0.582. The molecule has 0 saturated carbocycles. The van der Waals surface area contributed by atoms with Crippen LogP contribution >= 0.6 is 0 Å². The molecule has 1 fully saturated rings. The Kier molecular flexibility index (Phi) is 3.83. The molecular weight excluding hydrogens is 244 g/mol. The number of benzene rings is 1. The minimum atomic E-state index is 0.582. The third-order valence-electron chi connectivity index (χ3n) is 4.13. The summed E-state index contributed by atoms with van der Waals surface area (Å²) in [4.78, 5) is 7.33.